The highest BCUT2D eigenvalue weighted by Crippen LogP contribution is 2.29. The number of carbonyl (C=O) groups excluding carboxylic acids is 1. The van der Waals surface area contributed by atoms with Gasteiger partial charge in [-0.2, -0.15) is 0 Å². The average Bonchev–Trinajstić information content (AvgIpc) is 2.32. The number of hydrogen-bond acceptors (Lipinski definition) is 3. The van der Waals surface area contributed by atoms with Gasteiger partial charge in [-0.25, -0.2) is 8.78 Å². The van der Waals surface area contributed by atoms with Crippen molar-refractivity contribution in [3.05, 3.63) is 35.4 Å². The van der Waals surface area contributed by atoms with Crippen molar-refractivity contribution in [2.45, 2.75) is 20.0 Å². The van der Waals surface area contributed by atoms with Crippen molar-refractivity contribution in [1.29, 1.82) is 0 Å². The van der Waals surface area contributed by atoms with Gasteiger partial charge in [-0.1, -0.05) is 19.9 Å². The summed E-state index contributed by atoms with van der Waals surface area (Å²) >= 11 is 0. The highest BCUT2D eigenvalue weighted by molar-refractivity contribution is 5.73. The van der Waals surface area contributed by atoms with Gasteiger partial charge in [0.2, 0.25) is 0 Å². The van der Waals surface area contributed by atoms with Crippen LogP contribution in [0.3, 0.4) is 0 Å². The summed E-state index contributed by atoms with van der Waals surface area (Å²) in [4.78, 5) is 11.6. The van der Waals surface area contributed by atoms with E-state index in [2.05, 4.69) is 4.74 Å². The highest BCUT2D eigenvalue weighted by Gasteiger charge is 2.32. The summed E-state index contributed by atoms with van der Waals surface area (Å²) in [6.07, 6.45) is -1.23. The number of hydrogen-bond donors (Lipinski definition) is 1. The summed E-state index contributed by atoms with van der Waals surface area (Å²) in [5.41, 5.74) is 0.151. The second-order valence-corrected chi connectivity index (χ2v) is 4.41. The Kier molecular flexibility index (Phi) is 4.78. The number of esters is 1. The molecule has 0 fully saturated rings. The van der Waals surface area contributed by atoms with Crippen molar-refractivity contribution in [1.82, 2.24) is 0 Å². The van der Waals surface area contributed by atoms with Gasteiger partial charge in [-0.3, -0.25) is 4.79 Å². The van der Waals surface area contributed by atoms with E-state index in [1.165, 1.54) is 13.2 Å². The fraction of sp³-hybridized carbons (Fsp3) is 0.462. The van der Waals surface area contributed by atoms with Gasteiger partial charge in [0.05, 0.1) is 19.1 Å². The lowest BCUT2D eigenvalue weighted by atomic mass is 9.86. The van der Waals surface area contributed by atoms with E-state index in [1.54, 1.807) is 13.8 Å². The molecule has 0 amide bonds. The molecule has 0 aliphatic carbocycles. The van der Waals surface area contributed by atoms with Crippen LogP contribution in [0, 0.1) is 23.5 Å². The maximum atomic E-state index is 13.1. The first-order valence-corrected chi connectivity index (χ1v) is 5.59. The van der Waals surface area contributed by atoms with Crippen LogP contribution in [0.2, 0.25) is 0 Å². The first-order chi connectivity index (χ1) is 8.38. The second-order valence-electron chi connectivity index (χ2n) is 4.41. The van der Waals surface area contributed by atoms with Crippen molar-refractivity contribution < 1.29 is 23.4 Å². The van der Waals surface area contributed by atoms with Gasteiger partial charge in [0.25, 0.3) is 0 Å². The predicted molar refractivity (Wildman–Crippen MR) is 61.7 cm³/mol. The third kappa shape index (κ3) is 3.04. The molecular formula is C13H16F2O3. The zero-order valence-electron chi connectivity index (χ0n) is 10.5. The number of halogens is 2. The lowest BCUT2D eigenvalue weighted by Crippen LogP contribution is -2.28. The first-order valence-electron chi connectivity index (χ1n) is 5.59. The average molecular weight is 258 g/mol. The Morgan fingerprint density at radius 3 is 2.33 bits per heavy atom. The summed E-state index contributed by atoms with van der Waals surface area (Å²) in [6.45, 7) is 3.48. The van der Waals surface area contributed by atoms with Gasteiger partial charge in [-0.05, 0) is 23.6 Å². The van der Waals surface area contributed by atoms with Crippen LogP contribution >= 0.6 is 0 Å². The summed E-state index contributed by atoms with van der Waals surface area (Å²) in [6, 6.07) is 3.06. The van der Waals surface area contributed by atoms with E-state index in [0.717, 1.165) is 12.1 Å². The molecule has 1 N–H and O–H groups in total. The summed E-state index contributed by atoms with van der Waals surface area (Å²) in [5.74, 6) is -3.65. The predicted octanol–water partition coefficient (Wildman–Crippen LogP) is 2.44. The molecule has 1 rings (SSSR count). The summed E-state index contributed by atoms with van der Waals surface area (Å²) in [5, 5.41) is 10.1. The molecule has 1 aromatic carbocycles. The lowest BCUT2D eigenvalue weighted by molar-refractivity contribution is -0.152. The number of ether oxygens (including phenoxy) is 1. The Balaban J connectivity index is 3.05. The SMILES string of the molecule is COC(=O)C(C(C)C)C(O)c1ccc(F)c(F)c1. The zero-order chi connectivity index (χ0) is 13.9. The fourth-order valence-corrected chi connectivity index (χ4v) is 1.81. The van der Waals surface area contributed by atoms with E-state index in [0.29, 0.717) is 0 Å². The number of aliphatic hydroxyl groups excluding tert-OH is 1. The minimum Gasteiger partial charge on any atom is -0.469 e. The van der Waals surface area contributed by atoms with Crippen LogP contribution in [0.4, 0.5) is 8.78 Å². The van der Waals surface area contributed by atoms with Crippen molar-refractivity contribution in [3.8, 4) is 0 Å². The van der Waals surface area contributed by atoms with Crippen LogP contribution in [0.25, 0.3) is 0 Å². The molecule has 0 aliphatic rings. The molecule has 3 nitrogen and oxygen atoms in total. The van der Waals surface area contributed by atoms with Crippen LogP contribution < -0.4 is 0 Å². The van der Waals surface area contributed by atoms with Gasteiger partial charge in [-0.15, -0.1) is 0 Å². The third-order valence-corrected chi connectivity index (χ3v) is 2.82. The number of aliphatic hydroxyl groups is 1. The molecule has 2 unspecified atom stereocenters. The van der Waals surface area contributed by atoms with E-state index in [4.69, 9.17) is 0 Å². The van der Waals surface area contributed by atoms with Crippen LogP contribution in [0.5, 0.6) is 0 Å². The topological polar surface area (TPSA) is 46.5 Å². The largest absolute Gasteiger partial charge is 0.469 e. The van der Waals surface area contributed by atoms with E-state index >= 15 is 0 Å². The highest BCUT2D eigenvalue weighted by atomic mass is 19.2. The minimum absolute atomic E-state index is 0.151. The van der Waals surface area contributed by atoms with Gasteiger partial charge >= 0.3 is 5.97 Å². The smallest absolute Gasteiger partial charge is 0.311 e. The summed E-state index contributed by atoms with van der Waals surface area (Å²) in [7, 11) is 1.22. The molecule has 0 radical (unpaired) electrons. The molecule has 5 heteroatoms. The number of methoxy groups -OCH3 is 1. The van der Waals surface area contributed by atoms with E-state index in [1.807, 2.05) is 0 Å². The Morgan fingerprint density at radius 2 is 1.89 bits per heavy atom. The molecule has 0 bridgehead atoms. The van der Waals surface area contributed by atoms with Gasteiger partial charge in [0, 0.05) is 0 Å². The second kappa shape index (κ2) is 5.91. The Labute approximate surface area is 104 Å². The maximum absolute atomic E-state index is 13.1. The molecule has 1 aromatic rings. The number of rotatable bonds is 4. The molecule has 100 valence electrons. The maximum Gasteiger partial charge on any atom is 0.311 e. The minimum atomic E-state index is -1.23. The monoisotopic (exact) mass is 258 g/mol. The van der Waals surface area contributed by atoms with Crippen molar-refractivity contribution in [3.63, 3.8) is 0 Å². The quantitative estimate of drug-likeness (QED) is 0.844. The van der Waals surface area contributed by atoms with Crippen LogP contribution in [-0.4, -0.2) is 18.2 Å². The standard InChI is InChI=1S/C13H16F2O3/c1-7(2)11(13(17)18-3)12(16)8-4-5-9(14)10(15)6-8/h4-7,11-12,16H,1-3H3. The van der Waals surface area contributed by atoms with Gasteiger partial charge in [0.15, 0.2) is 11.6 Å². The molecule has 0 aromatic heterocycles. The Hall–Kier alpha value is -1.49. The fourth-order valence-electron chi connectivity index (χ4n) is 1.81. The van der Waals surface area contributed by atoms with Crippen molar-refractivity contribution >= 4 is 5.97 Å². The summed E-state index contributed by atoms with van der Waals surface area (Å²) < 4.78 is 30.5. The molecule has 0 saturated carbocycles. The Morgan fingerprint density at radius 1 is 1.28 bits per heavy atom. The normalized spacial score (nSPS) is 14.4. The van der Waals surface area contributed by atoms with Crippen molar-refractivity contribution in [2.24, 2.45) is 11.8 Å². The van der Waals surface area contributed by atoms with Crippen LogP contribution in [0.15, 0.2) is 18.2 Å². The van der Waals surface area contributed by atoms with Gasteiger partial charge in [0.1, 0.15) is 0 Å². The lowest BCUT2D eigenvalue weighted by Gasteiger charge is -2.24. The number of benzene rings is 1. The molecule has 0 spiro atoms. The van der Waals surface area contributed by atoms with E-state index in [-0.39, 0.29) is 11.5 Å². The van der Waals surface area contributed by atoms with Crippen molar-refractivity contribution in [2.75, 3.05) is 7.11 Å². The Bertz CT molecular complexity index is 432. The molecular weight excluding hydrogens is 242 g/mol. The number of carbonyl (C=O) groups is 1. The zero-order valence-corrected chi connectivity index (χ0v) is 10.5. The molecule has 18 heavy (non-hydrogen) atoms. The van der Waals surface area contributed by atoms with E-state index < -0.39 is 29.6 Å². The van der Waals surface area contributed by atoms with Crippen LogP contribution in [-0.2, 0) is 9.53 Å². The molecule has 0 aliphatic heterocycles. The van der Waals surface area contributed by atoms with E-state index in [9.17, 15) is 18.7 Å². The first kappa shape index (κ1) is 14.6. The van der Waals surface area contributed by atoms with Gasteiger partial charge < -0.3 is 9.84 Å². The molecule has 0 heterocycles. The molecule has 2 atom stereocenters. The third-order valence-electron chi connectivity index (χ3n) is 2.82. The van der Waals surface area contributed by atoms with Crippen LogP contribution in [0.1, 0.15) is 25.5 Å². The molecule has 0 saturated heterocycles.